The lowest BCUT2D eigenvalue weighted by atomic mass is 10.3. The average Bonchev–Trinajstić information content (AvgIpc) is 3.10. The Morgan fingerprint density at radius 3 is 2.68 bits per heavy atom. The highest BCUT2D eigenvalue weighted by Crippen LogP contribution is 2.16. The number of anilines is 1. The van der Waals surface area contributed by atoms with Crippen molar-refractivity contribution in [1.82, 2.24) is 5.32 Å². The number of ether oxygens (including phenoxy) is 1. The first-order chi connectivity index (χ1) is 12.0. The van der Waals surface area contributed by atoms with Crippen molar-refractivity contribution in [3.8, 4) is 5.75 Å². The van der Waals surface area contributed by atoms with E-state index >= 15 is 0 Å². The zero-order chi connectivity index (χ0) is 18.1. The molecule has 0 bridgehead atoms. The summed E-state index contributed by atoms with van der Waals surface area (Å²) < 4.78 is 5.59. The molecule has 1 heterocycles. The molecule has 2 rings (SSSR count). The van der Waals surface area contributed by atoms with Crippen LogP contribution in [0, 0.1) is 0 Å². The predicted molar refractivity (Wildman–Crippen MR) is 104 cm³/mol. The van der Waals surface area contributed by atoms with E-state index in [2.05, 4.69) is 15.6 Å². The van der Waals surface area contributed by atoms with Gasteiger partial charge in [-0.3, -0.25) is 9.79 Å². The first-order valence-corrected chi connectivity index (χ1v) is 9.08. The lowest BCUT2D eigenvalue weighted by Crippen LogP contribution is -2.25. The van der Waals surface area contributed by atoms with Crippen LogP contribution in [0.15, 0.2) is 46.8 Å². The highest BCUT2D eigenvalue weighted by atomic mass is 32.1. The molecule has 0 aliphatic carbocycles. The highest BCUT2D eigenvalue weighted by molar-refractivity contribution is 7.12. The fourth-order valence-corrected chi connectivity index (χ4v) is 2.69. The Morgan fingerprint density at radius 2 is 2.04 bits per heavy atom. The molecule has 0 atom stereocenters. The van der Waals surface area contributed by atoms with Crippen LogP contribution in [0.25, 0.3) is 0 Å². The second kappa shape index (κ2) is 9.68. The second-order valence-corrected chi connectivity index (χ2v) is 6.62. The summed E-state index contributed by atoms with van der Waals surface area (Å²) in [6, 6.07) is 11.2. The third-order valence-electron chi connectivity index (χ3n) is 3.15. The number of hydrogen-bond donors (Lipinski definition) is 3. The van der Waals surface area contributed by atoms with Gasteiger partial charge in [-0.15, -0.1) is 11.3 Å². The Balaban J connectivity index is 1.68. The molecule has 4 N–H and O–H groups in total. The smallest absolute Gasteiger partial charge is 0.261 e. The van der Waals surface area contributed by atoms with Crippen LogP contribution in [-0.4, -0.2) is 31.1 Å². The number of hydrogen-bond acceptors (Lipinski definition) is 4. The van der Waals surface area contributed by atoms with E-state index in [0.717, 1.165) is 22.7 Å². The van der Waals surface area contributed by atoms with E-state index in [1.165, 1.54) is 11.3 Å². The minimum absolute atomic E-state index is 0.0474. The van der Waals surface area contributed by atoms with Gasteiger partial charge in [-0.2, -0.15) is 0 Å². The number of carbonyl (C=O) groups is 1. The molecule has 25 heavy (non-hydrogen) atoms. The van der Waals surface area contributed by atoms with E-state index in [4.69, 9.17) is 10.5 Å². The van der Waals surface area contributed by atoms with Gasteiger partial charge in [0, 0.05) is 18.8 Å². The van der Waals surface area contributed by atoms with Crippen molar-refractivity contribution in [3.05, 3.63) is 46.7 Å². The van der Waals surface area contributed by atoms with Gasteiger partial charge in [-0.05, 0) is 56.0 Å². The maximum Gasteiger partial charge on any atom is 0.261 e. The largest absolute Gasteiger partial charge is 0.491 e. The molecular weight excluding hydrogens is 336 g/mol. The van der Waals surface area contributed by atoms with E-state index in [0.29, 0.717) is 19.0 Å². The van der Waals surface area contributed by atoms with Crippen molar-refractivity contribution in [2.45, 2.75) is 26.4 Å². The number of rotatable bonds is 8. The number of guanidine groups is 1. The second-order valence-electron chi connectivity index (χ2n) is 5.67. The third-order valence-corrected chi connectivity index (χ3v) is 4.01. The molecule has 0 unspecified atom stereocenters. The van der Waals surface area contributed by atoms with Crippen LogP contribution in [0.2, 0.25) is 0 Å². The van der Waals surface area contributed by atoms with Gasteiger partial charge in [-0.25, -0.2) is 0 Å². The summed E-state index contributed by atoms with van der Waals surface area (Å²) in [6.45, 7) is 5.08. The van der Waals surface area contributed by atoms with Crippen LogP contribution in [-0.2, 0) is 0 Å². The summed E-state index contributed by atoms with van der Waals surface area (Å²) in [4.78, 5) is 16.7. The van der Waals surface area contributed by atoms with Gasteiger partial charge in [0.1, 0.15) is 5.75 Å². The summed E-state index contributed by atoms with van der Waals surface area (Å²) >= 11 is 1.43. The Kier molecular flexibility index (Phi) is 7.28. The number of nitrogens with zero attached hydrogens (tertiary/aromatic N) is 1. The number of amides is 1. The first kappa shape index (κ1) is 18.8. The van der Waals surface area contributed by atoms with Crippen LogP contribution >= 0.6 is 11.3 Å². The van der Waals surface area contributed by atoms with Crippen molar-refractivity contribution in [2.75, 3.05) is 18.4 Å². The van der Waals surface area contributed by atoms with Gasteiger partial charge >= 0.3 is 0 Å². The Labute approximate surface area is 152 Å². The molecule has 0 saturated heterocycles. The fraction of sp³-hybridized carbons (Fsp3) is 0.333. The molecule has 2 aromatic rings. The molecule has 0 aliphatic heterocycles. The minimum atomic E-state index is -0.0474. The SMILES string of the molecule is CC(C)Oc1ccc(NC(N)=NCCCNC(=O)c2cccs2)cc1. The number of aliphatic imine (C=N–C) groups is 1. The molecule has 0 spiro atoms. The molecule has 6 nitrogen and oxygen atoms in total. The van der Waals surface area contributed by atoms with Gasteiger partial charge in [-0.1, -0.05) is 6.07 Å². The predicted octanol–water partition coefficient (Wildman–Crippen LogP) is 3.08. The zero-order valence-corrected chi connectivity index (χ0v) is 15.3. The monoisotopic (exact) mass is 360 g/mol. The summed E-state index contributed by atoms with van der Waals surface area (Å²) in [5, 5.41) is 7.77. The summed E-state index contributed by atoms with van der Waals surface area (Å²) in [5.74, 6) is 1.12. The Hall–Kier alpha value is -2.54. The van der Waals surface area contributed by atoms with Crippen molar-refractivity contribution >= 4 is 28.9 Å². The van der Waals surface area contributed by atoms with Gasteiger partial charge < -0.3 is 21.1 Å². The summed E-state index contributed by atoms with van der Waals surface area (Å²) in [7, 11) is 0. The van der Waals surface area contributed by atoms with Gasteiger partial charge in [0.2, 0.25) is 0 Å². The van der Waals surface area contributed by atoms with Crippen LogP contribution in [0.4, 0.5) is 5.69 Å². The molecule has 1 amide bonds. The zero-order valence-electron chi connectivity index (χ0n) is 14.5. The van der Waals surface area contributed by atoms with Gasteiger partial charge in [0.25, 0.3) is 5.91 Å². The molecule has 134 valence electrons. The minimum Gasteiger partial charge on any atom is -0.491 e. The van der Waals surface area contributed by atoms with E-state index in [1.54, 1.807) is 6.07 Å². The maximum atomic E-state index is 11.8. The van der Waals surface area contributed by atoms with E-state index < -0.39 is 0 Å². The van der Waals surface area contributed by atoms with Crippen LogP contribution < -0.4 is 21.1 Å². The molecule has 0 fully saturated rings. The van der Waals surface area contributed by atoms with Crippen LogP contribution in [0.1, 0.15) is 29.9 Å². The van der Waals surface area contributed by atoms with E-state index in [1.807, 2.05) is 49.6 Å². The fourth-order valence-electron chi connectivity index (χ4n) is 2.05. The lowest BCUT2D eigenvalue weighted by Gasteiger charge is -2.11. The summed E-state index contributed by atoms with van der Waals surface area (Å²) in [6.07, 6.45) is 0.867. The quantitative estimate of drug-likeness (QED) is 0.383. The van der Waals surface area contributed by atoms with Crippen molar-refractivity contribution < 1.29 is 9.53 Å². The summed E-state index contributed by atoms with van der Waals surface area (Å²) in [5.41, 5.74) is 6.72. The molecule has 1 aromatic heterocycles. The molecule has 0 aliphatic rings. The molecule has 7 heteroatoms. The van der Waals surface area contributed by atoms with Crippen LogP contribution in [0.5, 0.6) is 5.75 Å². The molecule has 0 saturated carbocycles. The van der Waals surface area contributed by atoms with Gasteiger partial charge in [0.05, 0.1) is 11.0 Å². The number of benzene rings is 1. The van der Waals surface area contributed by atoms with E-state index in [-0.39, 0.29) is 12.0 Å². The lowest BCUT2D eigenvalue weighted by molar-refractivity contribution is 0.0957. The average molecular weight is 360 g/mol. The molecule has 0 radical (unpaired) electrons. The molecular formula is C18H24N4O2S. The standard InChI is InChI=1S/C18H24N4O2S/c1-13(2)24-15-8-6-14(7-9-15)22-18(19)21-11-4-10-20-17(23)16-5-3-12-25-16/h3,5-9,12-13H,4,10-11H2,1-2H3,(H,20,23)(H3,19,21,22). The number of nitrogens with two attached hydrogens (primary N) is 1. The van der Waals surface area contributed by atoms with Crippen molar-refractivity contribution in [2.24, 2.45) is 10.7 Å². The number of nitrogens with one attached hydrogen (secondary N) is 2. The third kappa shape index (κ3) is 6.84. The number of carbonyl (C=O) groups excluding carboxylic acids is 1. The maximum absolute atomic E-state index is 11.8. The Bertz CT molecular complexity index is 682. The molecule has 1 aromatic carbocycles. The number of thiophene rings is 1. The Morgan fingerprint density at radius 1 is 1.28 bits per heavy atom. The topological polar surface area (TPSA) is 88.7 Å². The van der Waals surface area contributed by atoms with Crippen molar-refractivity contribution in [1.29, 1.82) is 0 Å². The normalized spacial score (nSPS) is 11.4. The highest BCUT2D eigenvalue weighted by Gasteiger charge is 2.04. The van der Waals surface area contributed by atoms with E-state index in [9.17, 15) is 4.79 Å². The first-order valence-electron chi connectivity index (χ1n) is 8.20. The van der Waals surface area contributed by atoms with Crippen molar-refractivity contribution in [3.63, 3.8) is 0 Å². The van der Waals surface area contributed by atoms with Gasteiger partial charge in [0.15, 0.2) is 5.96 Å². The van der Waals surface area contributed by atoms with Crippen LogP contribution in [0.3, 0.4) is 0 Å².